The van der Waals surface area contributed by atoms with Gasteiger partial charge in [0.25, 0.3) is 0 Å². The van der Waals surface area contributed by atoms with E-state index < -0.39 is 12.1 Å². The summed E-state index contributed by atoms with van der Waals surface area (Å²) in [6.45, 7) is -0.139. The molecule has 1 rings (SSSR count). The molecule has 0 fully saturated rings. The number of hydrogen-bond donors (Lipinski definition) is 3. The van der Waals surface area contributed by atoms with Gasteiger partial charge in [0.2, 0.25) is 0 Å². The smallest absolute Gasteiger partial charge is 0.337 e. The second kappa shape index (κ2) is 6.83. The van der Waals surface area contributed by atoms with Crippen molar-refractivity contribution in [1.29, 1.82) is 0 Å². The van der Waals surface area contributed by atoms with E-state index in [9.17, 15) is 9.90 Å². The Bertz CT molecular complexity index is 407. The van der Waals surface area contributed by atoms with Crippen LogP contribution in [0.15, 0.2) is 18.2 Å². The van der Waals surface area contributed by atoms with Crippen LogP contribution in [0, 0.1) is 0 Å². The van der Waals surface area contributed by atoms with Crippen LogP contribution in [0.4, 0.5) is 5.69 Å². The molecule has 6 nitrogen and oxygen atoms in total. The molecule has 0 spiro atoms. The van der Waals surface area contributed by atoms with Crippen LogP contribution in [0.3, 0.4) is 0 Å². The lowest BCUT2D eigenvalue weighted by atomic mass is 10.2. The SMILES string of the molecule is COC(=O)c1ccc(NCC(O)CO)c(OC)c1. The van der Waals surface area contributed by atoms with Gasteiger partial charge in [0.15, 0.2) is 0 Å². The Morgan fingerprint density at radius 1 is 1.44 bits per heavy atom. The van der Waals surface area contributed by atoms with E-state index >= 15 is 0 Å². The van der Waals surface area contributed by atoms with Crippen molar-refractivity contribution in [2.24, 2.45) is 0 Å². The monoisotopic (exact) mass is 255 g/mol. The summed E-state index contributed by atoms with van der Waals surface area (Å²) < 4.78 is 9.74. The molecule has 1 atom stereocenters. The van der Waals surface area contributed by atoms with Crippen molar-refractivity contribution in [1.82, 2.24) is 0 Å². The molecule has 1 unspecified atom stereocenters. The number of aliphatic hydroxyl groups excluding tert-OH is 2. The highest BCUT2D eigenvalue weighted by molar-refractivity contribution is 5.90. The van der Waals surface area contributed by atoms with E-state index in [2.05, 4.69) is 10.1 Å². The summed E-state index contributed by atoms with van der Waals surface area (Å²) in [6, 6.07) is 4.77. The van der Waals surface area contributed by atoms with Gasteiger partial charge in [0.1, 0.15) is 5.75 Å². The van der Waals surface area contributed by atoms with Crippen molar-refractivity contribution in [3.05, 3.63) is 23.8 Å². The normalized spacial score (nSPS) is 11.8. The maximum absolute atomic E-state index is 11.3. The molecule has 0 saturated carbocycles. The predicted octanol–water partition coefficient (Wildman–Crippen LogP) is 0.247. The van der Waals surface area contributed by atoms with E-state index in [1.54, 1.807) is 18.2 Å². The van der Waals surface area contributed by atoms with E-state index in [4.69, 9.17) is 9.84 Å². The standard InChI is InChI=1S/C12H17NO5/c1-17-11-5-8(12(16)18-2)3-4-10(11)13-6-9(15)7-14/h3-5,9,13-15H,6-7H2,1-2H3. The molecule has 1 aromatic carbocycles. The highest BCUT2D eigenvalue weighted by Crippen LogP contribution is 2.25. The first-order chi connectivity index (χ1) is 8.62. The van der Waals surface area contributed by atoms with Gasteiger partial charge in [-0.25, -0.2) is 4.79 Å². The highest BCUT2D eigenvalue weighted by Gasteiger charge is 2.11. The van der Waals surface area contributed by atoms with Crippen LogP contribution >= 0.6 is 0 Å². The zero-order valence-corrected chi connectivity index (χ0v) is 10.3. The van der Waals surface area contributed by atoms with E-state index in [-0.39, 0.29) is 13.2 Å². The first-order valence-corrected chi connectivity index (χ1v) is 5.41. The molecular formula is C12H17NO5. The molecule has 0 radical (unpaired) electrons. The number of esters is 1. The van der Waals surface area contributed by atoms with Crippen LogP contribution in [-0.2, 0) is 4.74 Å². The summed E-state index contributed by atoms with van der Waals surface area (Å²) in [4.78, 5) is 11.3. The minimum atomic E-state index is -0.852. The number of benzene rings is 1. The Balaban J connectivity index is 2.83. The van der Waals surface area contributed by atoms with Crippen molar-refractivity contribution in [3.63, 3.8) is 0 Å². The second-order valence-corrected chi connectivity index (χ2v) is 3.62. The lowest BCUT2D eigenvalue weighted by molar-refractivity contribution is 0.0600. The number of rotatable bonds is 6. The van der Waals surface area contributed by atoms with Crippen molar-refractivity contribution in [2.75, 3.05) is 32.7 Å². The first kappa shape index (κ1) is 14.3. The highest BCUT2D eigenvalue weighted by atomic mass is 16.5. The van der Waals surface area contributed by atoms with Crippen molar-refractivity contribution in [2.45, 2.75) is 6.10 Å². The number of carbonyl (C=O) groups is 1. The molecule has 0 amide bonds. The van der Waals surface area contributed by atoms with Crippen LogP contribution in [0.5, 0.6) is 5.75 Å². The molecule has 6 heteroatoms. The van der Waals surface area contributed by atoms with Crippen molar-refractivity contribution in [3.8, 4) is 5.75 Å². The molecule has 0 aromatic heterocycles. The molecule has 18 heavy (non-hydrogen) atoms. The summed E-state index contributed by atoms with van der Waals surface area (Å²) in [5, 5.41) is 20.9. The van der Waals surface area contributed by atoms with Crippen LogP contribution in [0.25, 0.3) is 0 Å². The number of ether oxygens (including phenoxy) is 2. The molecule has 100 valence electrons. The maximum atomic E-state index is 11.3. The van der Waals surface area contributed by atoms with Gasteiger partial charge in [-0.15, -0.1) is 0 Å². The second-order valence-electron chi connectivity index (χ2n) is 3.62. The predicted molar refractivity (Wildman–Crippen MR) is 65.9 cm³/mol. The van der Waals surface area contributed by atoms with Gasteiger partial charge >= 0.3 is 5.97 Å². The topological polar surface area (TPSA) is 88.0 Å². The molecular weight excluding hydrogens is 238 g/mol. The summed E-state index contributed by atoms with van der Waals surface area (Å²) in [5.74, 6) is 0.0123. The van der Waals surface area contributed by atoms with E-state index in [0.29, 0.717) is 17.0 Å². The Labute approximate surface area is 105 Å². The van der Waals surface area contributed by atoms with Gasteiger partial charge in [-0.3, -0.25) is 0 Å². The Hall–Kier alpha value is -1.79. The number of aliphatic hydroxyl groups is 2. The van der Waals surface area contributed by atoms with Crippen LogP contribution in [-0.4, -0.2) is 49.7 Å². The van der Waals surface area contributed by atoms with Gasteiger partial charge < -0.3 is 25.0 Å². The van der Waals surface area contributed by atoms with Gasteiger partial charge in [-0.1, -0.05) is 0 Å². The quantitative estimate of drug-likeness (QED) is 0.631. The van der Waals surface area contributed by atoms with Crippen LogP contribution < -0.4 is 10.1 Å². The van der Waals surface area contributed by atoms with E-state index in [1.807, 2.05) is 0 Å². The van der Waals surface area contributed by atoms with Gasteiger partial charge in [-0.2, -0.15) is 0 Å². The minimum absolute atomic E-state index is 0.185. The number of methoxy groups -OCH3 is 2. The molecule has 0 aliphatic rings. The molecule has 0 heterocycles. The Morgan fingerprint density at radius 3 is 2.72 bits per heavy atom. The third-order valence-electron chi connectivity index (χ3n) is 2.36. The Kier molecular flexibility index (Phi) is 5.41. The fourth-order valence-corrected chi connectivity index (χ4v) is 1.37. The zero-order valence-electron chi connectivity index (χ0n) is 10.3. The molecule has 3 N–H and O–H groups in total. The molecule has 0 aliphatic heterocycles. The zero-order chi connectivity index (χ0) is 13.5. The van der Waals surface area contributed by atoms with Crippen LogP contribution in [0.2, 0.25) is 0 Å². The molecule has 0 saturated heterocycles. The summed E-state index contributed by atoms with van der Waals surface area (Å²) >= 11 is 0. The summed E-state index contributed by atoms with van der Waals surface area (Å²) in [7, 11) is 2.78. The fraction of sp³-hybridized carbons (Fsp3) is 0.417. The summed E-state index contributed by atoms with van der Waals surface area (Å²) in [5.41, 5.74) is 1.00. The summed E-state index contributed by atoms with van der Waals surface area (Å²) in [6.07, 6.45) is -0.852. The average Bonchev–Trinajstić information content (AvgIpc) is 2.43. The lowest BCUT2D eigenvalue weighted by Gasteiger charge is -2.14. The fourth-order valence-electron chi connectivity index (χ4n) is 1.37. The van der Waals surface area contributed by atoms with Gasteiger partial charge in [-0.05, 0) is 18.2 Å². The molecule has 0 bridgehead atoms. The Morgan fingerprint density at radius 2 is 2.17 bits per heavy atom. The first-order valence-electron chi connectivity index (χ1n) is 5.41. The van der Waals surface area contributed by atoms with Gasteiger partial charge in [0.05, 0.1) is 38.2 Å². The van der Waals surface area contributed by atoms with Crippen molar-refractivity contribution < 1.29 is 24.5 Å². The van der Waals surface area contributed by atoms with E-state index in [0.717, 1.165) is 0 Å². The number of carbonyl (C=O) groups excluding carboxylic acids is 1. The average molecular weight is 255 g/mol. The maximum Gasteiger partial charge on any atom is 0.337 e. The third kappa shape index (κ3) is 3.61. The van der Waals surface area contributed by atoms with Crippen LogP contribution in [0.1, 0.15) is 10.4 Å². The van der Waals surface area contributed by atoms with E-state index in [1.165, 1.54) is 14.2 Å². The van der Waals surface area contributed by atoms with Gasteiger partial charge in [0, 0.05) is 6.54 Å². The number of anilines is 1. The number of hydrogen-bond acceptors (Lipinski definition) is 6. The minimum Gasteiger partial charge on any atom is -0.495 e. The largest absolute Gasteiger partial charge is 0.495 e. The molecule has 0 aliphatic carbocycles. The molecule has 1 aromatic rings. The number of nitrogens with one attached hydrogen (secondary N) is 1. The van der Waals surface area contributed by atoms with Crippen molar-refractivity contribution >= 4 is 11.7 Å². The lowest BCUT2D eigenvalue weighted by Crippen LogP contribution is -2.23. The third-order valence-corrected chi connectivity index (χ3v) is 2.36.